The number of nitrogens with zero attached hydrogens (tertiary/aromatic N) is 2. The van der Waals surface area contributed by atoms with Gasteiger partial charge in [-0.1, -0.05) is 19.9 Å². The van der Waals surface area contributed by atoms with Crippen LogP contribution < -0.4 is 0 Å². The first kappa shape index (κ1) is 15.5. The summed E-state index contributed by atoms with van der Waals surface area (Å²) in [4.78, 5) is 19.3. The fraction of sp³-hybridized carbons (Fsp3) is 0.375. The van der Waals surface area contributed by atoms with Crippen molar-refractivity contribution in [1.82, 2.24) is 9.88 Å². The molecule has 5 heteroatoms. The van der Waals surface area contributed by atoms with Crippen molar-refractivity contribution in [1.29, 1.82) is 0 Å². The van der Waals surface area contributed by atoms with Crippen molar-refractivity contribution in [3.8, 4) is 5.75 Å². The number of benzene rings is 1. The summed E-state index contributed by atoms with van der Waals surface area (Å²) in [5.74, 6) is 0.157. The van der Waals surface area contributed by atoms with E-state index in [0.717, 1.165) is 15.4 Å². The Bertz CT molecular complexity index is 649. The summed E-state index contributed by atoms with van der Waals surface area (Å²) in [6.45, 7) is 6.55. The van der Waals surface area contributed by atoms with Gasteiger partial charge in [0.05, 0.1) is 17.1 Å². The number of phenolic OH excluding ortho intramolecular Hbond substituents is 1. The molecule has 1 aromatic heterocycles. The first-order valence-electron chi connectivity index (χ1n) is 6.88. The maximum atomic E-state index is 12.5. The van der Waals surface area contributed by atoms with Crippen molar-refractivity contribution in [2.45, 2.75) is 33.2 Å². The second kappa shape index (κ2) is 6.26. The molecule has 0 saturated heterocycles. The second-order valence-corrected chi connectivity index (χ2v) is 6.76. The molecule has 1 aromatic carbocycles. The standard InChI is InChI=1S/C16H20N2O2S/c1-10(2)12-5-6-15(19)14(7-12)16(20)18(4)9-13-8-17-11(3)21-13/h5-8,10,19H,9H2,1-4H3. The van der Waals surface area contributed by atoms with Gasteiger partial charge in [-0.05, 0) is 30.5 Å². The zero-order valence-corrected chi connectivity index (χ0v) is 13.6. The fourth-order valence-electron chi connectivity index (χ4n) is 2.07. The molecule has 1 N–H and O–H groups in total. The molecule has 4 nitrogen and oxygen atoms in total. The largest absolute Gasteiger partial charge is 0.507 e. The average molecular weight is 304 g/mol. The van der Waals surface area contributed by atoms with Crippen LogP contribution in [-0.4, -0.2) is 27.9 Å². The Hall–Kier alpha value is -1.88. The fourth-order valence-corrected chi connectivity index (χ4v) is 2.92. The van der Waals surface area contributed by atoms with Gasteiger partial charge in [0.25, 0.3) is 5.91 Å². The van der Waals surface area contributed by atoms with Gasteiger partial charge in [0.1, 0.15) is 5.75 Å². The van der Waals surface area contributed by atoms with E-state index in [1.165, 1.54) is 0 Å². The molecule has 0 aliphatic carbocycles. The van der Waals surface area contributed by atoms with Crippen molar-refractivity contribution < 1.29 is 9.90 Å². The van der Waals surface area contributed by atoms with Gasteiger partial charge in [0.2, 0.25) is 0 Å². The second-order valence-electron chi connectivity index (χ2n) is 5.44. The minimum Gasteiger partial charge on any atom is -0.507 e. The number of phenols is 1. The van der Waals surface area contributed by atoms with E-state index in [1.54, 1.807) is 41.6 Å². The van der Waals surface area contributed by atoms with E-state index in [1.807, 2.05) is 13.0 Å². The van der Waals surface area contributed by atoms with Crippen molar-refractivity contribution >= 4 is 17.2 Å². The molecule has 0 bridgehead atoms. The lowest BCUT2D eigenvalue weighted by atomic mass is 10.00. The van der Waals surface area contributed by atoms with Gasteiger partial charge in [-0.15, -0.1) is 11.3 Å². The van der Waals surface area contributed by atoms with E-state index in [2.05, 4.69) is 18.8 Å². The number of carbonyl (C=O) groups is 1. The highest BCUT2D eigenvalue weighted by Gasteiger charge is 2.18. The topological polar surface area (TPSA) is 53.4 Å². The van der Waals surface area contributed by atoms with Crippen LogP contribution in [0.3, 0.4) is 0 Å². The number of hydrogen-bond donors (Lipinski definition) is 1. The Kier molecular flexibility index (Phi) is 4.63. The molecule has 21 heavy (non-hydrogen) atoms. The summed E-state index contributed by atoms with van der Waals surface area (Å²) < 4.78 is 0. The highest BCUT2D eigenvalue weighted by molar-refractivity contribution is 7.11. The predicted molar refractivity (Wildman–Crippen MR) is 84.8 cm³/mol. The number of aromatic nitrogens is 1. The van der Waals surface area contributed by atoms with E-state index in [-0.39, 0.29) is 11.7 Å². The molecule has 2 rings (SSSR count). The zero-order valence-electron chi connectivity index (χ0n) is 12.8. The Morgan fingerprint density at radius 1 is 1.43 bits per heavy atom. The number of amides is 1. The lowest BCUT2D eigenvalue weighted by Crippen LogP contribution is -2.26. The minimum absolute atomic E-state index is 0.0248. The third-order valence-electron chi connectivity index (χ3n) is 3.33. The number of hydrogen-bond acceptors (Lipinski definition) is 4. The van der Waals surface area contributed by atoms with Crippen LogP contribution in [0.15, 0.2) is 24.4 Å². The molecule has 2 aromatic rings. The number of rotatable bonds is 4. The van der Waals surface area contributed by atoms with Crippen LogP contribution in [0.2, 0.25) is 0 Å². The third-order valence-corrected chi connectivity index (χ3v) is 4.22. The number of aryl methyl sites for hydroxylation is 1. The summed E-state index contributed by atoms with van der Waals surface area (Å²) in [5.41, 5.74) is 1.39. The van der Waals surface area contributed by atoms with Crippen LogP contribution in [-0.2, 0) is 6.54 Å². The Balaban J connectivity index is 2.20. The lowest BCUT2D eigenvalue weighted by molar-refractivity contribution is 0.0783. The van der Waals surface area contributed by atoms with Gasteiger partial charge < -0.3 is 10.0 Å². The van der Waals surface area contributed by atoms with Crippen LogP contribution in [0.25, 0.3) is 0 Å². The van der Waals surface area contributed by atoms with Crippen LogP contribution in [0.5, 0.6) is 5.75 Å². The van der Waals surface area contributed by atoms with Crippen LogP contribution >= 0.6 is 11.3 Å². The zero-order chi connectivity index (χ0) is 15.6. The number of aromatic hydroxyl groups is 1. The molecule has 0 unspecified atom stereocenters. The molecule has 0 saturated carbocycles. The molecular formula is C16H20N2O2S. The molecule has 0 fully saturated rings. The smallest absolute Gasteiger partial charge is 0.257 e. The van der Waals surface area contributed by atoms with Gasteiger partial charge in [0.15, 0.2) is 0 Å². The SMILES string of the molecule is Cc1ncc(CN(C)C(=O)c2cc(C(C)C)ccc2O)s1. The maximum absolute atomic E-state index is 12.5. The summed E-state index contributed by atoms with van der Waals surface area (Å²) in [6, 6.07) is 5.22. The van der Waals surface area contributed by atoms with Crippen LogP contribution in [0.1, 0.15) is 45.6 Å². The molecule has 112 valence electrons. The Morgan fingerprint density at radius 2 is 2.14 bits per heavy atom. The lowest BCUT2D eigenvalue weighted by Gasteiger charge is -2.18. The van der Waals surface area contributed by atoms with Crippen molar-refractivity contribution in [2.24, 2.45) is 0 Å². The van der Waals surface area contributed by atoms with Gasteiger partial charge in [-0.25, -0.2) is 4.98 Å². The van der Waals surface area contributed by atoms with Crippen molar-refractivity contribution in [2.75, 3.05) is 7.05 Å². The summed E-state index contributed by atoms with van der Waals surface area (Å²) in [7, 11) is 1.73. The van der Waals surface area contributed by atoms with Crippen molar-refractivity contribution in [3.05, 3.63) is 45.4 Å². The molecule has 0 aliphatic heterocycles. The normalized spacial score (nSPS) is 10.9. The maximum Gasteiger partial charge on any atom is 0.257 e. The average Bonchev–Trinajstić information content (AvgIpc) is 2.83. The van der Waals surface area contributed by atoms with Crippen LogP contribution in [0.4, 0.5) is 0 Å². The number of carbonyl (C=O) groups excluding carboxylic acids is 1. The summed E-state index contributed by atoms with van der Waals surface area (Å²) in [6.07, 6.45) is 1.79. The highest BCUT2D eigenvalue weighted by atomic mass is 32.1. The van der Waals surface area contributed by atoms with Gasteiger partial charge in [-0.2, -0.15) is 0 Å². The molecule has 1 amide bonds. The Labute approximate surface area is 129 Å². The summed E-state index contributed by atoms with van der Waals surface area (Å²) in [5, 5.41) is 10.9. The quantitative estimate of drug-likeness (QED) is 0.939. The predicted octanol–water partition coefficient (Wildman–Crippen LogP) is 3.55. The third kappa shape index (κ3) is 3.61. The highest BCUT2D eigenvalue weighted by Crippen LogP contribution is 2.25. The molecule has 0 aliphatic rings. The van der Waals surface area contributed by atoms with E-state index in [9.17, 15) is 9.90 Å². The van der Waals surface area contributed by atoms with Gasteiger partial charge in [-0.3, -0.25) is 4.79 Å². The summed E-state index contributed by atoms with van der Waals surface area (Å²) >= 11 is 1.57. The van der Waals surface area contributed by atoms with E-state index >= 15 is 0 Å². The van der Waals surface area contributed by atoms with Gasteiger partial charge in [0, 0.05) is 18.1 Å². The molecule has 1 heterocycles. The Morgan fingerprint density at radius 3 is 2.71 bits per heavy atom. The molecule has 0 atom stereocenters. The van der Waals surface area contributed by atoms with E-state index in [0.29, 0.717) is 18.0 Å². The van der Waals surface area contributed by atoms with E-state index in [4.69, 9.17) is 0 Å². The minimum atomic E-state index is -0.180. The monoisotopic (exact) mass is 304 g/mol. The molecule has 0 radical (unpaired) electrons. The number of thiazole rings is 1. The van der Waals surface area contributed by atoms with Crippen LogP contribution in [0, 0.1) is 6.92 Å². The molecular weight excluding hydrogens is 284 g/mol. The van der Waals surface area contributed by atoms with E-state index < -0.39 is 0 Å². The van der Waals surface area contributed by atoms with Gasteiger partial charge >= 0.3 is 0 Å². The van der Waals surface area contributed by atoms with Crippen molar-refractivity contribution in [3.63, 3.8) is 0 Å². The first-order valence-corrected chi connectivity index (χ1v) is 7.69. The molecule has 0 spiro atoms. The first-order chi connectivity index (χ1) is 9.88.